The fraction of sp³-hybridized carbons (Fsp3) is 0.381. The molecule has 7 heteroatoms. The molecule has 0 amide bonds. The molecule has 0 unspecified atom stereocenters. The fourth-order valence-electron chi connectivity index (χ4n) is 2.51. The van der Waals surface area contributed by atoms with E-state index in [9.17, 15) is 25.2 Å². The molecule has 28 heavy (non-hydrogen) atoms. The van der Waals surface area contributed by atoms with Crippen molar-refractivity contribution in [1.82, 2.24) is 0 Å². The van der Waals surface area contributed by atoms with Crippen LogP contribution in [0.4, 0.5) is 0 Å². The minimum absolute atomic E-state index is 0.0623. The Kier molecular flexibility index (Phi) is 7.37. The van der Waals surface area contributed by atoms with Gasteiger partial charge in [-0.2, -0.15) is 0 Å². The predicted molar refractivity (Wildman–Crippen MR) is 104 cm³/mol. The number of hydrogen-bond acceptors (Lipinski definition) is 7. The van der Waals surface area contributed by atoms with E-state index in [1.54, 1.807) is 0 Å². The van der Waals surface area contributed by atoms with Crippen molar-refractivity contribution in [1.29, 1.82) is 0 Å². The minimum Gasteiger partial charge on any atom is -0.507 e. The van der Waals surface area contributed by atoms with Gasteiger partial charge in [0.05, 0.1) is 24.3 Å². The standard InChI is InChI=1S/C21H26O7/c1-3-5-7-27-19-9-13(15(22)11-17(19)24)21(26)14-10-20(28-8-6-4-2)18(25)12-16(14)23/h9-12,22-25H,3-8H2,1-2H3. The molecule has 0 aliphatic carbocycles. The van der Waals surface area contributed by atoms with E-state index in [4.69, 9.17) is 9.47 Å². The molecule has 152 valence electrons. The second-order valence-electron chi connectivity index (χ2n) is 6.41. The second-order valence-corrected chi connectivity index (χ2v) is 6.41. The van der Waals surface area contributed by atoms with Crippen molar-refractivity contribution in [2.75, 3.05) is 13.2 Å². The van der Waals surface area contributed by atoms with Crippen LogP contribution >= 0.6 is 0 Å². The van der Waals surface area contributed by atoms with E-state index in [0.717, 1.165) is 37.8 Å². The summed E-state index contributed by atoms with van der Waals surface area (Å²) in [4.78, 5) is 12.9. The van der Waals surface area contributed by atoms with Gasteiger partial charge in [-0.05, 0) is 25.0 Å². The first-order valence-electron chi connectivity index (χ1n) is 9.31. The minimum atomic E-state index is -0.698. The molecule has 0 radical (unpaired) electrons. The van der Waals surface area contributed by atoms with Crippen molar-refractivity contribution in [3.05, 3.63) is 35.4 Å². The Morgan fingerprint density at radius 3 is 1.46 bits per heavy atom. The smallest absolute Gasteiger partial charge is 0.200 e. The molecule has 2 aromatic rings. The lowest BCUT2D eigenvalue weighted by molar-refractivity contribution is 0.103. The van der Waals surface area contributed by atoms with Gasteiger partial charge in [-0.3, -0.25) is 4.79 Å². The third-order valence-corrected chi connectivity index (χ3v) is 4.15. The highest BCUT2D eigenvalue weighted by Gasteiger charge is 2.22. The summed E-state index contributed by atoms with van der Waals surface area (Å²) in [7, 11) is 0. The molecule has 0 atom stereocenters. The van der Waals surface area contributed by atoms with Crippen molar-refractivity contribution < 1.29 is 34.7 Å². The first-order valence-corrected chi connectivity index (χ1v) is 9.31. The molecule has 0 fully saturated rings. The molecule has 0 bridgehead atoms. The van der Waals surface area contributed by atoms with Crippen LogP contribution in [0.3, 0.4) is 0 Å². The summed E-state index contributed by atoms with van der Waals surface area (Å²) in [6, 6.07) is 4.49. The van der Waals surface area contributed by atoms with Crippen LogP contribution in [0.1, 0.15) is 55.5 Å². The monoisotopic (exact) mass is 390 g/mol. The molecule has 0 aromatic heterocycles. The lowest BCUT2D eigenvalue weighted by Crippen LogP contribution is -2.05. The van der Waals surface area contributed by atoms with Gasteiger partial charge in [0.25, 0.3) is 0 Å². The van der Waals surface area contributed by atoms with Gasteiger partial charge in [-0.15, -0.1) is 0 Å². The van der Waals surface area contributed by atoms with Crippen LogP contribution in [0.5, 0.6) is 34.5 Å². The van der Waals surface area contributed by atoms with E-state index in [2.05, 4.69) is 0 Å². The van der Waals surface area contributed by atoms with E-state index < -0.39 is 17.3 Å². The highest BCUT2D eigenvalue weighted by Crippen LogP contribution is 2.38. The zero-order valence-electron chi connectivity index (χ0n) is 16.1. The summed E-state index contributed by atoms with van der Waals surface area (Å²) in [5, 5.41) is 40.1. The number of carbonyl (C=O) groups is 1. The van der Waals surface area contributed by atoms with E-state index in [0.29, 0.717) is 13.2 Å². The van der Waals surface area contributed by atoms with Gasteiger partial charge in [-0.25, -0.2) is 0 Å². The van der Waals surface area contributed by atoms with Gasteiger partial charge < -0.3 is 29.9 Å². The Bertz CT molecular complexity index is 762. The van der Waals surface area contributed by atoms with Crippen LogP contribution in [0, 0.1) is 0 Å². The summed E-state index contributed by atoms with van der Waals surface area (Å²) in [5.74, 6) is -2.06. The summed E-state index contributed by atoms with van der Waals surface area (Å²) in [6.07, 6.45) is 3.32. The quantitative estimate of drug-likeness (QED) is 0.356. The number of hydrogen-bond donors (Lipinski definition) is 4. The zero-order valence-corrected chi connectivity index (χ0v) is 16.1. The predicted octanol–water partition coefficient (Wildman–Crippen LogP) is 4.10. The molecule has 0 spiro atoms. The number of aromatic hydroxyl groups is 4. The molecule has 2 aromatic carbocycles. The van der Waals surface area contributed by atoms with Gasteiger partial charge in [0, 0.05) is 12.1 Å². The van der Waals surface area contributed by atoms with Gasteiger partial charge in [0.15, 0.2) is 23.0 Å². The van der Waals surface area contributed by atoms with Crippen molar-refractivity contribution >= 4 is 5.78 Å². The number of ether oxygens (including phenoxy) is 2. The van der Waals surface area contributed by atoms with Gasteiger partial charge in [-0.1, -0.05) is 26.7 Å². The van der Waals surface area contributed by atoms with Crippen LogP contribution < -0.4 is 9.47 Å². The van der Waals surface area contributed by atoms with Crippen LogP contribution in [0.2, 0.25) is 0 Å². The number of benzene rings is 2. The number of carbonyl (C=O) groups excluding carboxylic acids is 1. The molecule has 0 saturated carbocycles. The van der Waals surface area contributed by atoms with E-state index in [-0.39, 0.29) is 34.1 Å². The van der Waals surface area contributed by atoms with Crippen LogP contribution in [0.15, 0.2) is 24.3 Å². The third-order valence-electron chi connectivity index (χ3n) is 4.15. The average molecular weight is 390 g/mol. The van der Waals surface area contributed by atoms with E-state index in [1.165, 1.54) is 12.1 Å². The summed E-state index contributed by atoms with van der Waals surface area (Å²) in [5.41, 5.74) is -0.297. The Morgan fingerprint density at radius 2 is 1.11 bits per heavy atom. The van der Waals surface area contributed by atoms with Gasteiger partial charge >= 0.3 is 0 Å². The topological polar surface area (TPSA) is 116 Å². The van der Waals surface area contributed by atoms with Gasteiger partial charge in [0.1, 0.15) is 11.5 Å². The molecular weight excluding hydrogens is 364 g/mol. The zero-order chi connectivity index (χ0) is 20.7. The SMILES string of the molecule is CCCCOc1cc(C(=O)c2cc(OCCCC)c(O)cc2O)c(O)cc1O. The fourth-order valence-corrected chi connectivity index (χ4v) is 2.51. The Balaban J connectivity index is 2.36. The summed E-state index contributed by atoms with van der Waals surface area (Å²) >= 11 is 0. The number of phenols is 4. The first-order chi connectivity index (χ1) is 13.4. The maximum Gasteiger partial charge on any atom is 0.200 e. The van der Waals surface area contributed by atoms with Crippen LogP contribution in [-0.4, -0.2) is 39.4 Å². The molecule has 0 aliphatic heterocycles. The van der Waals surface area contributed by atoms with Crippen molar-refractivity contribution in [3.63, 3.8) is 0 Å². The Morgan fingerprint density at radius 1 is 0.714 bits per heavy atom. The maximum atomic E-state index is 12.9. The molecular formula is C21H26O7. The van der Waals surface area contributed by atoms with E-state index in [1.807, 2.05) is 13.8 Å². The molecule has 0 saturated heterocycles. The molecule has 2 rings (SSSR count). The van der Waals surface area contributed by atoms with Gasteiger partial charge in [0.2, 0.25) is 5.78 Å². The summed E-state index contributed by atoms with van der Waals surface area (Å²) < 4.78 is 10.9. The molecule has 0 aliphatic rings. The van der Waals surface area contributed by atoms with E-state index >= 15 is 0 Å². The van der Waals surface area contributed by atoms with Crippen LogP contribution in [0.25, 0.3) is 0 Å². The normalized spacial score (nSPS) is 10.6. The van der Waals surface area contributed by atoms with Crippen molar-refractivity contribution in [3.8, 4) is 34.5 Å². The average Bonchev–Trinajstić information content (AvgIpc) is 2.65. The highest BCUT2D eigenvalue weighted by atomic mass is 16.5. The number of ketones is 1. The summed E-state index contributed by atoms with van der Waals surface area (Å²) in [6.45, 7) is 4.68. The number of rotatable bonds is 10. The van der Waals surface area contributed by atoms with Crippen LogP contribution in [-0.2, 0) is 0 Å². The highest BCUT2D eigenvalue weighted by molar-refractivity contribution is 6.13. The number of phenolic OH excluding ortho intramolecular Hbond substituents is 4. The third kappa shape index (κ3) is 5.00. The van der Waals surface area contributed by atoms with Crippen molar-refractivity contribution in [2.45, 2.75) is 39.5 Å². The molecule has 7 nitrogen and oxygen atoms in total. The second kappa shape index (κ2) is 9.73. The van der Waals surface area contributed by atoms with Crippen molar-refractivity contribution in [2.24, 2.45) is 0 Å². The lowest BCUT2D eigenvalue weighted by atomic mass is 10.00. The molecule has 0 heterocycles. The Labute approximate surface area is 163 Å². The first kappa shape index (κ1) is 21.2. The number of unbranched alkanes of at least 4 members (excludes halogenated alkanes) is 2. The Hall–Kier alpha value is -3.09. The molecule has 4 N–H and O–H groups in total. The largest absolute Gasteiger partial charge is 0.507 e. The maximum absolute atomic E-state index is 12.9. The lowest BCUT2D eigenvalue weighted by Gasteiger charge is -2.13.